The van der Waals surface area contributed by atoms with Crippen molar-refractivity contribution < 1.29 is 19.1 Å². The molecule has 4 aromatic rings. The molecule has 0 bridgehead atoms. The summed E-state index contributed by atoms with van der Waals surface area (Å²) in [6, 6.07) is 3.88. The number of ether oxygens (including phenoxy) is 2. The van der Waals surface area contributed by atoms with Crippen molar-refractivity contribution in [2.75, 3.05) is 30.4 Å². The van der Waals surface area contributed by atoms with Crippen LogP contribution in [0.1, 0.15) is 49.5 Å². The molecular weight excluding hydrogens is 524 g/mol. The van der Waals surface area contributed by atoms with E-state index >= 15 is 0 Å². The normalized spacial score (nSPS) is 15.9. The van der Waals surface area contributed by atoms with Crippen LogP contribution in [0.25, 0.3) is 17.0 Å². The molecule has 0 unspecified atom stereocenters. The second kappa shape index (κ2) is 10.4. The molecule has 0 spiro atoms. The molecule has 0 aromatic carbocycles. The number of imide groups is 1. The SMILES string of the molecule is COC1CCN(c2ccc(Nc3cnc(-c4cncc5nccn45)c4c3C(=O)N(C(=O)OC(C)(C)C)C4)nc2)CC1. The van der Waals surface area contributed by atoms with Gasteiger partial charge in [0.05, 0.1) is 65.8 Å². The quantitative estimate of drug-likeness (QED) is 0.377. The maximum Gasteiger partial charge on any atom is 0.417 e. The van der Waals surface area contributed by atoms with Gasteiger partial charge in [0, 0.05) is 38.2 Å². The number of carbonyl (C=O) groups is 2. The van der Waals surface area contributed by atoms with Crippen LogP contribution in [0.2, 0.25) is 0 Å². The molecule has 1 fully saturated rings. The molecule has 212 valence electrons. The van der Waals surface area contributed by atoms with E-state index in [1.807, 2.05) is 22.7 Å². The van der Waals surface area contributed by atoms with Crippen LogP contribution in [-0.2, 0) is 16.0 Å². The zero-order valence-corrected chi connectivity index (χ0v) is 23.5. The van der Waals surface area contributed by atoms with Gasteiger partial charge in [-0.15, -0.1) is 0 Å². The smallest absolute Gasteiger partial charge is 0.417 e. The number of anilines is 3. The van der Waals surface area contributed by atoms with Gasteiger partial charge in [0.1, 0.15) is 11.4 Å². The zero-order valence-electron chi connectivity index (χ0n) is 23.5. The summed E-state index contributed by atoms with van der Waals surface area (Å²) in [5.74, 6) is 0.0861. The Bertz CT molecular complexity index is 1600. The highest BCUT2D eigenvalue weighted by molar-refractivity contribution is 6.11. The number of pyridine rings is 2. The first-order chi connectivity index (χ1) is 19.7. The molecule has 2 amide bonds. The standard InChI is InChI=1S/C29H32N8O4/c1-29(2,3)41-28(39)37-17-20-25(27(37)38)21(14-33-26(20)22-15-30-16-24-31-9-12-36(22)24)34-23-6-5-18(13-32-23)35-10-7-19(40-4)8-11-35/h5-6,9,12-16,19H,7-8,10-11,17H2,1-4H3,(H,32,34). The van der Waals surface area contributed by atoms with Crippen LogP contribution >= 0.6 is 0 Å². The predicted octanol–water partition coefficient (Wildman–Crippen LogP) is 4.44. The first kappa shape index (κ1) is 26.6. The summed E-state index contributed by atoms with van der Waals surface area (Å²) in [5, 5.41) is 3.25. The average molecular weight is 557 g/mol. The summed E-state index contributed by atoms with van der Waals surface area (Å²) in [6.45, 7) is 7.10. The van der Waals surface area contributed by atoms with E-state index in [1.165, 1.54) is 0 Å². The topological polar surface area (TPSA) is 127 Å². The Kier molecular flexibility index (Phi) is 6.78. The lowest BCUT2D eigenvalue weighted by atomic mass is 10.1. The second-order valence-corrected chi connectivity index (χ2v) is 11.1. The number of methoxy groups -OCH3 is 1. The van der Waals surface area contributed by atoms with E-state index < -0.39 is 17.6 Å². The molecule has 2 aliphatic rings. The number of nitrogens with zero attached hydrogens (tertiary/aromatic N) is 7. The first-order valence-electron chi connectivity index (χ1n) is 13.6. The van der Waals surface area contributed by atoms with Crippen molar-refractivity contribution in [3.8, 4) is 11.4 Å². The highest BCUT2D eigenvalue weighted by Crippen LogP contribution is 2.37. The zero-order chi connectivity index (χ0) is 28.7. The van der Waals surface area contributed by atoms with Crippen molar-refractivity contribution in [3.05, 3.63) is 60.4 Å². The molecule has 6 rings (SSSR count). The minimum atomic E-state index is -0.759. The number of aromatic nitrogens is 5. The first-order valence-corrected chi connectivity index (χ1v) is 13.6. The minimum absolute atomic E-state index is 0.00973. The maximum absolute atomic E-state index is 13.7. The van der Waals surface area contributed by atoms with Gasteiger partial charge >= 0.3 is 6.09 Å². The van der Waals surface area contributed by atoms with Crippen molar-refractivity contribution in [3.63, 3.8) is 0 Å². The predicted molar refractivity (Wildman–Crippen MR) is 152 cm³/mol. The lowest BCUT2D eigenvalue weighted by Gasteiger charge is -2.32. The molecule has 12 heteroatoms. The van der Waals surface area contributed by atoms with E-state index in [4.69, 9.17) is 14.5 Å². The summed E-state index contributed by atoms with van der Waals surface area (Å²) in [4.78, 5) is 48.1. The lowest BCUT2D eigenvalue weighted by molar-refractivity contribution is 0.0248. The molecule has 2 aliphatic heterocycles. The fraction of sp³-hybridized carbons (Fsp3) is 0.379. The number of imidazole rings is 1. The second-order valence-electron chi connectivity index (χ2n) is 11.1. The number of hydrogen-bond acceptors (Lipinski definition) is 10. The Balaban J connectivity index is 1.33. The van der Waals surface area contributed by atoms with Gasteiger partial charge in [-0.25, -0.2) is 19.7 Å². The fourth-order valence-corrected chi connectivity index (χ4v) is 5.26. The largest absolute Gasteiger partial charge is 0.443 e. The molecular formula is C29H32N8O4. The highest BCUT2D eigenvalue weighted by Gasteiger charge is 2.39. The number of amides is 2. The van der Waals surface area contributed by atoms with Gasteiger partial charge in [-0.3, -0.25) is 19.2 Å². The molecule has 0 saturated carbocycles. The van der Waals surface area contributed by atoms with Gasteiger partial charge < -0.3 is 19.7 Å². The number of rotatable bonds is 5. The summed E-state index contributed by atoms with van der Waals surface area (Å²) < 4.78 is 12.9. The van der Waals surface area contributed by atoms with Gasteiger partial charge in [-0.2, -0.15) is 0 Å². The van der Waals surface area contributed by atoms with Gasteiger partial charge in [0.15, 0.2) is 5.65 Å². The molecule has 6 heterocycles. The Hall–Kier alpha value is -4.58. The van der Waals surface area contributed by atoms with E-state index in [9.17, 15) is 9.59 Å². The van der Waals surface area contributed by atoms with E-state index in [-0.39, 0.29) is 6.54 Å². The van der Waals surface area contributed by atoms with Gasteiger partial charge in [-0.05, 0) is 45.7 Å². The van der Waals surface area contributed by atoms with Crippen LogP contribution in [0.15, 0.2) is 49.3 Å². The third kappa shape index (κ3) is 5.18. The number of nitrogens with one attached hydrogen (secondary N) is 1. The summed E-state index contributed by atoms with van der Waals surface area (Å²) >= 11 is 0. The van der Waals surface area contributed by atoms with Crippen LogP contribution < -0.4 is 10.2 Å². The van der Waals surface area contributed by atoms with Crippen LogP contribution in [0.4, 0.5) is 22.0 Å². The molecule has 12 nitrogen and oxygen atoms in total. The Morgan fingerprint density at radius 2 is 1.85 bits per heavy atom. The summed E-state index contributed by atoms with van der Waals surface area (Å²) in [6.07, 6.45) is 11.7. The number of carbonyl (C=O) groups excluding carboxylic acids is 2. The van der Waals surface area contributed by atoms with Gasteiger partial charge in [0.2, 0.25) is 0 Å². The Morgan fingerprint density at radius 3 is 2.56 bits per heavy atom. The van der Waals surface area contributed by atoms with Gasteiger partial charge in [0.25, 0.3) is 5.91 Å². The average Bonchev–Trinajstić information content (AvgIpc) is 3.58. The van der Waals surface area contributed by atoms with E-state index in [0.29, 0.717) is 45.8 Å². The monoisotopic (exact) mass is 556 g/mol. The summed E-state index contributed by atoms with van der Waals surface area (Å²) in [5.41, 5.74) is 3.47. The number of fused-ring (bicyclic) bond motifs is 2. The molecule has 4 aromatic heterocycles. The minimum Gasteiger partial charge on any atom is -0.443 e. The third-order valence-corrected chi connectivity index (χ3v) is 7.28. The van der Waals surface area contributed by atoms with Crippen LogP contribution in [0.5, 0.6) is 0 Å². The summed E-state index contributed by atoms with van der Waals surface area (Å²) in [7, 11) is 1.76. The Labute approximate surface area is 237 Å². The number of hydrogen-bond donors (Lipinski definition) is 1. The molecule has 1 saturated heterocycles. The number of piperidine rings is 1. The van der Waals surface area contributed by atoms with Crippen molar-refractivity contribution in [2.45, 2.75) is 51.9 Å². The van der Waals surface area contributed by atoms with Crippen LogP contribution in [-0.4, -0.2) is 73.1 Å². The van der Waals surface area contributed by atoms with Crippen molar-refractivity contribution in [1.82, 2.24) is 29.2 Å². The van der Waals surface area contributed by atoms with E-state index in [0.717, 1.165) is 36.5 Å². The van der Waals surface area contributed by atoms with Crippen molar-refractivity contribution in [2.24, 2.45) is 0 Å². The maximum atomic E-state index is 13.7. The molecule has 0 radical (unpaired) electrons. The van der Waals surface area contributed by atoms with Crippen LogP contribution in [0.3, 0.4) is 0 Å². The van der Waals surface area contributed by atoms with Gasteiger partial charge in [-0.1, -0.05) is 0 Å². The van der Waals surface area contributed by atoms with Crippen LogP contribution in [0, 0.1) is 0 Å². The Morgan fingerprint density at radius 1 is 1.05 bits per heavy atom. The van der Waals surface area contributed by atoms with E-state index in [1.54, 1.807) is 58.9 Å². The molecule has 0 atom stereocenters. The fourth-order valence-electron chi connectivity index (χ4n) is 5.26. The van der Waals surface area contributed by atoms with E-state index in [2.05, 4.69) is 25.2 Å². The lowest BCUT2D eigenvalue weighted by Crippen LogP contribution is -2.37. The van der Waals surface area contributed by atoms with Crippen molar-refractivity contribution >= 4 is 34.8 Å². The third-order valence-electron chi connectivity index (χ3n) is 7.28. The highest BCUT2D eigenvalue weighted by atomic mass is 16.6. The molecule has 0 aliphatic carbocycles. The molecule has 41 heavy (non-hydrogen) atoms. The molecule has 1 N–H and O–H groups in total. The van der Waals surface area contributed by atoms with Crippen molar-refractivity contribution in [1.29, 1.82) is 0 Å².